The third-order valence-electron chi connectivity index (χ3n) is 3.56. The first-order chi connectivity index (χ1) is 9.22. The molecule has 0 amide bonds. The molecule has 0 saturated heterocycles. The lowest BCUT2D eigenvalue weighted by Gasteiger charge is -2.29. The Balaban J connectivity index is 2.90. The van der Waals surface area contributed by atoms with Gasteiger partial charge in [0.15, 0.2) is 0 Å². The summed E-state index contributed by atoms with van der Waals surface area (Å²) >= 11 is 0. The zero-order chi connectivity index (χ0) is 15.4. The third kappa shape index (κ3) is 4.49. The van der Waals surface area contributed by atoms with E-state index in [4.69, 9.17) is 0 Å². The number of benzene rings is 1. The summed E-state index contributed by atoms with van der Waals surface area (Å²) in [6.07, 6.45) is 2.02. The molecule has 0 bridgehead atoms. The van der Waals surface area contributed by atoms with Crippen LogP contribution in [0.15, 0.2) is 29.2 Å². The minimum Gasteiger partial charge on any atom is -0.380 e. The molecule has 0 aliphatic carbocycles. The zero-order valence-electron chi connectivity index (χ0n) is 13.0. The summed E-state index contributed by atoms with van der Waals surface area (Å²) in [5, 5.41) is 3.46. The molecule has 0 aromatic heterocycles. The fourth-order valence-corrected chi connectivity index (χ4v) is 3.12. The number of sulfonamides is 1. The maximum Gasteiger partial charge on any atom is 0.240 e. The van der Waals surface area contributed by atoms with E-state index in [0.29, 0.717) is 4.90 Å². The molecule has 1 aromatic carbocycles. The summed E-state index contributed by atoms with van der Waals surface area (Å²) in [7, 11) is -3.41. The molecule has 0 saturated carbocycles. The first-order valence-electron chi connectivity index (χ1n) is 7.13. The molecule has 1 rings (SSSR count). The highest BCUT2D eigenvalue weighted by Gasteiger charge is 2.19. The van der Waals surface area contributed by atoms with Gasteiger partial charge in [0, 0.05) is 17.3 Å². The van der Waals surface area contributed by atoms with Gasteiger partial charge in [-0.25, -0.2) is 13.1 Å². The monoisotopic (exact) mass is 298 g/mol. The van der Waals surface area contributed by atoms with Gasteiger partial charge in [-0.05, 0) is 57.9 Å². The van der Waals surface area contributed by atoms with E-state index in [1.54, 1.807) is 26.0 Å². The van der Waals surface area contributed by atoms with Gasteiger partial charge in [0.05, 0.1) is 4.90 Å². The van der Waals surface area contributed by atoms with E-state index in [-0.39, 0.29) is 11.6 Å². The molecule has 0 unspecified atom stereocenters. The molecule has 5 heteroatoms. The van der Waals surface area contributed by atoms with Crippen LogP contribution < -0.4 is 10.0 Å². The van der Waals surface area contributed by atoms with Crippen LogP contribution in [0.4, 0.5) is 5.69 Å². The van der Waals surface area contributed by atoms with Crippen molar-refractivity contribution in [3.05, 3.63) is 24.3 Å². The topological polar surface area (TPSA) is 58.2 Å². The van der Waals surface area contributed by atoms with Crippen LogP contribution >= 0.6 is 0 Å². The molecule has 20 heavy (non-hydrogen) atoms. The number of nitrogens with one attached hydrogen (secondary N) is 2. The van der Waals surface area contributed by atoms with Crippen LogP contribution in [-0.4, -0.2) is 20.0 Å². The molecule has 0 fully saturated rings. The first-order valence-corrected chi connectivity index (χ1v) is 8.61. The Kier molecular flexibility index (Phi) is 5.59. The SMILES string of the molecule is CCC(C)(CC)Nc1ccc(S(=O)(=O)NC(C)C)cc1. The number of hydrogen-bond acceptors (Lipinski definition) is 3. The van der Waals surface area contributed by atoms with Crippen LogP contribution in [0.3, 0.4) is 0 Å². The lowest BCUT2D eigenvalue weighted by Crippen LogP contribution is -2.33. The fourth-order valence-electron chi connectivity index (χ4n) is 1.87. The van der Waals surface area contributed by atoms with Gasteiger partial charge in [0.1, 0.15) is 0 Å². The molecule has 0 radical (unpaired) electrons. The van der Waals surface area contributed by atoms with Crippen LogP contribution in [-0.2, 0) is 10.0 Å². The van der Waals surface area contributed by atoms with Gasteiger partial charge in [0.25, 0.3) is 0 Å². The standard InChI is InChI=1S/C15H26N2O2S/c1-6-15(5,7-2)16-13-8-10-14(11-9-13)20(18,19)17-12(3)4/h8-12,16-17H,6-7H2,1-5H3. The Morgan fingerprint density at radius 2 is 1.60 bits per heavy atom. The molecular formula is C15H26N2O2S. The number of anilines is 1. The zero-order valence-corrected chi connectivity index (χ0v) is 13.8. The maximum absolute atomic E-state index is 12.0. The Bertz CT molecular complexity index is 517. The Morgan fingerprint density at radius 3 is 2.00 bits per heavy atom. The maximum atomic E-state index is 12.0. The second-order valence-electron chi connectivity index (χ2n) is 5.69. The van der Waals surface area contributed by atoms with Crippen LogP contribution in [0.5, 0.6) is 0 Å². The van der Waals surface area contributed by atoms with Crippen molar-refractivity contribution < 1.29 is 8.42 Å². The Labute approximate surface area is 123 Å². The second-order valence-corrected chi connectivity index (χ2v) is 7.41. The van der Waals surface area contributed by atoms with Crippen molar-refractivity contribution in [2.75, 3.05) is 5.32 Å². The van der Waals surface area contributed by atoms with Crippen LogP contribution in [0.2, 0.25) is 0 Å². The van der Waals surface area contributed by atoms with E-state index in [1.165, 1.54) is 0 Å². The van der Waals surface area contributed by atoms with Gasteiger partial charge >= 0.3 is 0 Å². The van der Waals surface area contributed by atoms with Crippen molar-refractivity contribution in [1.29, 1.82) is 0 Å². The largest absolute Gasteiger partial charge is 0.380 e. The highest BCUT2D eigenvalue weighted by Crippen LogP contribution is 2.22. The van der Waals surface area contributed by atoms with Crippen LogP contribution in [0, 0.1) is 0 Å². The highest BCUT2D eigenvalue weighted by atomic mass is 32.2. The van der Waals surface area contributed by atoms with Gasteiger partial charge in [-0.15, -0.1) is 0 Å². The average Bonchev–Trinajstić information content (AvgIpc) is 2.38. The number of rotatable bonds is 7. The van der Waals surface area contributed by atoms with E-state index in [9.17, 15) is 8.42 Å². The highest BCUT2D eigenvalue weighted by molar-refractivity contribution is 7.89. The molecule has 1 aromatic rings. The van der Waals surface area contributed by atoms with Crippen molar-refractivity contribution in [1.82, 2.24) is 4.72 Å². The van der Waals surface area contributed by atoms with Crippen molar-refractivity contribution >= 4 is 15.7 Å². The summed E-state index contributed by atoms with van der Waals surface area (Å²) in [5.74, 6) is 0. The average molecular weight is 298 g/mol. The Hall–Kier alpha value is -1.07. The van der Waals surface area contributed by atoms with E-state index in [2.05, 4.69) is 30.8 Å². The van der Waals surface area contributed by atoms with Gasteiger partial charge in [-0.1, -0.05) is 13.8 Å². The van der Waals surface area contributed by atoms with Crippen LogP contribution in [0.1, 0.15) is 47.5 Å². The van der Waals surface area contributed by atoms with E-state index in [0.717, 1.165) is 18.5 Å². The summed E-state index contributed by atoms with van der Waals surface area (Å²) in [6.45, 7) is 10.1. The van der Waals surface area contributed by atoms with Gasteiger partial charge < -0.3 is 5.32 Å². The summed E-state index contributed by atoms with van der Waals surface area (Å²) in [5.41, 5.74) is 0.982. The molecule has 2 N–H and O–H groups in total. The lowest BCUT2D eigenvalue weighted by molar-refractivity contribution is 0.478. The van der Waals surface area contributed by atoms with Gasteiger partial charge in [-0.2, -0.15) is 0 Å². The van der Waals surface area contributed by atoms with Crippen molar-refractivity contribution in [3.8, 4) is 0 Å². The fraction of sp³-hybridized carbons (Fsp3) is 0.600. The quantitative estimate of drug-likeness (QED) is 0.811. The molecule has 0 spiro atoms. The molecule has 114 valence electrons. The van der Waals surface area contributed by atoms with Crippen molar-refractivity contribution in [2.45, 2.75) is 63.9 Å². The number of hydrogen-bond donors (Lipinski definition) is 2. The molecule has 0 atom stereocenters. The smallest absolute Gasteiger partial charge is 0.240 e. The van der Waals surface area contributed by atoms with E-state index < -0.39 is 10.0 Å². The predicted octanol–water partition coefficient (Wildman–Crippen LogP) is 3.36. The molecule has 0 aliphatic rings. The summed E-state index contributed by atoms with van der Waals surface area (Å²) < 4.78 is 26.6. The van der Waals surface area contributed by atoms with Crippen LogP contribution in [0.25, 0.3) is 0 Å². The first kappa shape index (κ1) is 17.0. The third-order valence-corrected chi connectivity index (χ3v) is 5.24. The minimum absolute atomic E-state index is 0.0383. The summed E-state index contributed by atoms with van der Waals surface area (Å²) in [6, 6.07) is 6.80. The molecule has 0 heterocycles. The molecule has 4 nitrogen and oxygen atoms in total. The normalized spacial score (nSPS) is 12.7. The van der Waals surface area contributed by atoms with Crippen molar-refractivity contribution in [2.24, 2.45) is 0 Å². The second kappa shape index (κ2) is 6.59. The van der Waals surface area contributed by atoms with E-state index in [1.807, 2.05) is 12.1 Å². The minimum atomic E-state index is -3.41. The van der Waals surface area contributed by atoms with Crippen molar-refractivity contribution in [3.63, 3.8) is 0 Å². The van der Waals surface area contributed by atoms with Gasteiger partial charge in [-0.3, -0.25) is 0 Å². The molecular weight excluding hydrogens is 272 g/mol. The molecule has 0 aliphatic heterocycles. The Morgan fingerprint density at radius 1 is 1.10 bits per heavy atom. The summed E-state index contributed by atoms with van der Waals surface area (Å²) in [4.78, 5) is 0.298. The van der Waals surface area contributed by atoms with Gasteiger partial charge in [0.2, 0.25) is 10.0 Å². The predicted molar refractivity (Wildman–Crippen MR) is 84.5 cm³/mol. The van der Waals surface area contributed by atoms with E-state index >= 15 is 0 Å². The lowest BCUT2D eigenvalue weighted by atomic mass is 9.95.